The maximum Gasteiger partial charge on any atom is 0.407 e. The number of ether oxygens (including phenoxy) is 2. The molecule has 1 amide bonds. The van der Waals surface area contributed by atoms with Crippen LogP contribution in [0.1, 0.15) is 38.0 Å². The number of hydrogen-bond acceptors (Lipinski definition) is 6. The second-order valence-electron chi connectivity index (χ2n) is 7.94. The highest BCUT2D eigenvalue weighted by molar-refractivity contribution is 5.79. The number of aromatic nitrogens is 3. The van der Waals surface area contributed by atoms with Gasteiger partial charge in [-0.25, -0.2) is 9.79 Å². The topological polar surface area (TPSA) is 115 Å². The van der Waals surface area contributed by atoms with E-state index < -0.39 is 11.7 Å². The van der Waals surface area contributed by atoms with Gasteiger partial charge in [-0.3, -0.25) is 0 Å². The Labute approximate surface area is 183 Å². The second-order valence-corrected chi connectivity index (χ2v) is 7.94. The van der Waals surface area contributed by atoms with Crippen LogP contribution in [0.3, 0.4) is 0 Å². The molecule has 0 aliphatic carbocycles. The van der Waals surface area contributed by atoms with Gasteiger partial charge in [0.1, 0.15) is 17.2 Å². The van der Waals surface area contributed by atoms with E-state index in [4.69, 9.17) is 9.47 Å². The summed E-state index contributed by atoms with van der Waals surface area (Å²) < 4.78 is 12.3. The van der Waals surface area contributed by atoms with Crippen molar-refractivity contribution in [3.8, 4) is 5.75 Å². The van der Waals surface area contributed by atoms with Gasteiger partial charge >= 0.3 is 6.09 Å². The minimum atomic E-state index is -0.529. The molecule has 0 fully saturated rings. The lowest BCUT2D eigenvalue weighted by atomic mass is 10.2. The van der Waals surface area contributed by atoms with Crippen molar-refractivity contribution in [2.45, 2.75) is 46.4 Å². The largest absolute Gasteiger partial charge is 0.497 e. The molecule has 170 valence electrons. The highest BCUT2D eigenvalue weighted by atomic mass is 16.6. The number of amides is 1. The molecule has 1 heterocycles. The van der Waals surface area contributed by atoms with Crippen molar-refractivity contribution >= 4 is 12.1 Å². The third-order valence-electron chi connectivity index (χ3n) is 4.26. The Kier molecular flexibility index (Phi) is 8.65. The first-order chi connectivity index (χ1) is 14.7. The Balaban J connectivity index is 1.93. The van der Waals surface area contributed by atoms with Gasteiger partial charge in [-0.1, -0.05) is 12.1 Å². The summed E-state index contributed by atoms with van der Waals surface area (Å²) in [5, 5.41) is 17.4. The molecule has 2 rings (SSSR count). The van der Waals surface area contributed by atoms with Gasteiger partial charge in [-0.2, -0.15) is 0 Å². The summed E-state index contributed by atoms with van der Waals surface area (Å²) in [6.45, 7) is 9.19. The van der Waals surface area contributed by atoms with E-state index in [1.54, 1.807) is 7.11 Å². The molecule has 0 saturated carbocycles. The van der Waals surface area contributed by atoms with Crippen LogP contribution in [0.25, 0.3) is 0 Å². The molecule has 10 heteroatoms. The summed E-state index contributed by atoms with van der Waals surface area (Å²) in [6, 6.07) is 7.74. The first-order valence-electron chi connectivity index (χ1n) is 10.1. The van der Waals surface area contributed by atoms with Crippen LogP contribution < -0.4 is 20.7 Å². The van der Waals surface area contributed by atoms with Crippen LogP contribution >= 0.6 is 0 Å². The molecule has 1 aromatic heterocycles. The molecule has 1 aromatic carbocycles. The van der Waals surface area contributed by atoms with Gasteiger partial charge in [-0.05, 0) is 45.4 Å². The fourth-order valence-corrected chi connectivity index (χ4v) is 2.50. The van der Waals surface area contributed by atoms with Crippen molar-refractivity contribution < 1.29 is 14.3 Å². The molecular formula is C21H33N7O3. The zero-order chi connectivity index (χ0) is 22.9. The quantitative estimate of drug-likeness (QED) is 0.332. The van der Waals surface area contributed by atoms with E-state index in [0.29, 0.717) is 32.1 Å². The monoisotopic (exact) mass is 431 g/mol. The van der Waals surface area contributed by atoms with E-state index in [-0.39, 0.29) is 0 Å². The average Bonchev–Trinajstić information content (AvgIpc) is 3.03. The Morgan fingerprint density at radius 3 is 2.35 bits per heavy atom. The number of alkyl carbamates (subject to hydrolysis) is 1. The fraction of sp³-hybridized carbons (Fsp3) is 0.524. The number of carbonyl (C=O) groups is 1. The molecule has 0 bridgehead atoms. The first-order valence-corrected chi connectivity index (χ1v) is 10.1. The second kappa shape index (κ2) is 11.2. The van der Waals surface area contributed by atoms with E-state index in [1.165, 1.54) is 0 Å². The molecule has 0 unspecified atom stereocenters. The summed E-state index contributed by atoms with van der Waals surface area (Å²) in [7, 11) is 3.55. The van der Waals surface area contributed by atoms with E-state index in [2.05, 4.69) is 31.1 Å². The Bertz CT molecular complexity index is 870. The lowest BCUT2D eigenvalue weighted by molar-refractivity contribution is 0.0529. The number of nitrogens with zero attached hydrogens (tertiary/aromatic N) is 4. The molecule has 0 aliphatic heterocycles. The number of benzene rings is 1. The number of guanidine groups is 1. The van der Waals surface area contributed by atoms with Crippen LogP contribution in [0.2, 0.25) is 0 Å². The smallest absolute Gasteiger partial charge is 0.407 e. The normalized spacial score (nSPS) is 11.7. The predicted molar refractivity (Wildman–Crippen MR) is 119 cm³/mol. The van der Waals surface area contributed by atoms with Crippen molar-refractivity contribution in [1.82, 2.24) is 30.7 Å². The summed E-state index contributed by atoms with van der Waals surface area (Å²) in [4.78, 5) is 16.4. The highest BCUT2D eigenvalue weighted by Crippen LogP contribution is 2.11. The van der Waals surface area contributed by atoms with Gasteiger partial charge < -0.3 is 30.0 Å². The van der Waals surface area contributed by atoms with Crippen molar-refractivity contribution in [2.75, 3.05) is 20.2 Å². The number of hydrogen-bond donors (Lipinski definition) is 3. The van der Waals surface area contributed by atoms with Crippen molar-refractivity contribution in [1.29, 1.82) is 0 Å². The van der Waals surface area contributed by atoms with Crippen molar-refractivity contribution in [3.05, 3.63) is 41.5 Å². The van der Waals surface area contributed by atoms with Gasteiger partial charge in [0.05, 0.1) is 20.2 Å². The van der Waals surface area contributed by atoms with Crippen molar-refractivity contribution in [3.63, 3.8) is 0 Å². The summed E-state index contributed by atoms with van der Waals surface area (Å²) in [5.41, 5.74) is 0.515. The fourth-order valence-electron chi connectivity index (χ4n) is 2.50. The molecule has 10 nitrogen and oxygen atoms in total. The van der Waals surface area contributed by atoms with Crippen LogP contribution in [0, 0.1) is 6.92 Å². The van der Waals surface area contributed by atoms with Crippen LogP contribution in [0.5, 0.6) is 5.75 Å². The number of aryl methyl sites for hydroxylation is 1. The van der Waals surface area contributed by atoms with E-state index in [0.717, 1.165) is 23.0 Å². The summed E-state index contributed by atoms with van der Waals surface area (Å²) >= 11 is 0. The molecule has 0 saturated heterocycles. The van der Waals surface area contributed by atoms with Crippen LogP contribution in [-0.2, 0) is 24.9 Å². The number of carbonyl (C=O) groups excluding carboxylic acids is 1. The zero-order valence-corrected chi connectivity index (χ0v) is 19.2. The predicted octanol–water partition coefficient (Wildman–Crippen LogP) is 1.89. The Morgan fingerprint density at radius 1 is 1.10 bits per heavy atom. The zero-order valence-electron chi connectivity index (χ0n) is 19.2. The molecule has 0 radical (unpaired) electrons. The van der Waals surface area contributed by atoms with Crippen LogP contribution in [0.15, 0.2) is 29.3 Å². The standard InChI is InChI=1S/C21H33N7O3/c1-15-26-27-18(28(15)5)14-25-19(22-11-12-23-20(29)31-21(2,3)4)24-13-16-7-9-17(30-6)10-8-16/h7-10H,11-14H2,1-6H3,(H,23,29)(H2,22,24,25). The Hall–Kier alpha value is -3.30. The van der Waals surface area contributed by atoms with E-state index >= 15 is 0 Å². The lowest BCUT2D eigenvalue weighted by Crippen LogP contribution is -2.42. The molecule has 3 N–H and O–H groups in total. The van der Waals surface area contributed by atoms with Crippen molar-refractivity contribution in [2.24, 2.45) is 12.0 Å². The third kappa shape index (κ3) is 8.53. The maximum absolute atomic E-state index is 11.8. The average molecular weight is 432 g/mol. The van der Waals surface area contributed by atoms with E-state index in [9.17, 15) is 4.79 Å². The number of methoxy groups -OCH3 is 1. The summed E-state index contributed by atoms with van der Waals surface area (Å²) in [5.74, 6) is 3.03. The van der Waals surface area contributed by atoms with Gasteiger partial charge in [-0.15, -0.1) is 10.2 Å². The maximum atomic E-state index is 11.8. The minimum absolute atomic E-state index is 0.390. The lowest BCUT2D eigenvalue weighted by Gasteiger charge is -2.20. The molecule has 31 heavy (non-hydrogen) atoms. The number of rotatable bonds is 8. The third-order valence-corrected chi connectivity index (χ3v) is 4.26. The van der Waals surface area contributed by atoms with Crippen LogP contribution in [0.4, 0.5) is 4.79 Å². The van der Waals surface area contributed by atoms with Gasteiger partial charge in [0.2, 0.25) is 0 Å². The summed E-state index contributed by atoms with van der Waals surface area (Å²) in [6.07, 6.45) is -0.450. The number of aliphatic imine (C=N–C) groups is 1. The van der Waals surface area contributed by atoms with Gasteiger partial charge in [0.15, 0.2) is 11.8 Å². The number of nitrogens with one attached hydrogen (secondary N) is 3. The molecule has 0 atom stereocenters. The SMILES string of the molecule is COc1ccc(CN=C(NCCNC(=O)OC(C)(C)C)NCc2nnc(C)n2C)cc1. The minimum Gasteiger partial charge on any atom is -0.497 e. The molecule has 2 aromatic rings. The Morgan fingerprint density at radius 2 is 1.77 bits per heavy atom. The molecule has 0 spiro atoms. The molecule has 0 aliphatic rings. The van der Waals surface area contributed by atoms with E-state index in [1.807, 2.05) is 63.6 Å². The van der Waals surface area contributed by atoms with Crippen LogP contribution in [-0.4, -0.2) is 52.6 Å². The van der Waals surface area contributed by atoms with Gasteiger partial charge in [0.25, 0.3) is 0 Å². The first kappa shape index (κ1) is 24.0. The van der Waals surface area contributed by atoms with Gasteiger partial charge in [0, 0.05) is 20.1 Å². The molecular weight excluding hydrogens is 398 g/mol. The highest BCUT2D eigenvalue weighted by Gasteiger charge is 2.15.